The van der Waals surface area contributed by atoms with Crippen molar-refractivity contribution in [2.45, 2.75) is 105 Å². The predicted molar refractivity (Wildman–Crippen MR) is 144 cm³/mol. The van der Waals surface area contributed by atoms with Gasteiger partial charge in [-0.15, -0.1) is 11.3 Å². The summed E-state index contributed by atoms with van der Waals surface area (Å²) >= 11 is 1.86. The van der Waals surface area contributed by atoms with Crippen molar-refractivity contribution in [3.8, 4) is 0 Å². The summed E-state index contributed by atoms with van der Waals surface area (Å²) in [5, 5.41) is 3.63. The number of nitrogens with zero attached hydrogens (tertiary/aromatic N) is 1. The summed E-state index contributed by atoms with van der Waals surface area (Å²) in [4.78, 5) is 5.17. The Balaban J connectivity index is 2.94. The molecule has 0 unspecified atom stereocenters. The van der Waals surface area contributed by atoms with Crippen LogP contribution in [0, 0.1) is 5.41 Å². The summed E-state index contributed by atoms with van der Waals surface area (Å²) in [6.07, 6.45) is 14.7. The predicted octanol–water partition coefficient (Wildman–Crippen LogP) is 6.25. The zero-order valence-electron chi connectivity index (χ0n) is 21.0. The molecule has 0 aliphatic heterocycles. The second-order valence-electron chi connectivity index (χ2n) is 9.37. The topological polar surface area (TPSA) is 31.4 Å². The molecule has 0 aliphatic rings. The average molecular weight is 491 g/mol. The van der Waals surface area contributed by atoms with Gasteiger partial charge in [0.05, 0.1) is 29.2 Å². The van der Waals surface area contributed by atoms with Crippen LogP contribution in [0.25, 0.3) is 0 Å². The lowest BCUT2D eigenvalue weighted by Gasteiger charge is -2.33. The van der Waals surface area contributed by atoms with Crippen molar-refractivity contribution in [1.29, 1.82) is 0 Å². The van der Waals surface area contributed by atoms with E-state index in [1.807, 2.05) is 11.3 Å². The fraction of sp³-hybridized carbons (Fsp3) is 0.870. The average Bonchev–Trinajstić information content (AvgIpc) is 3.14. The molecule has 0 N–H and O–H groups in total. The van der Waals surface area contributed by atoms with E-state index in [4.69, 9.17) is 13.8 Å². The van der Waals surface area contributed by atoms with Gasteiger partial charge in [0.2, 0.25) is 0 Å². The summed E-state index contributed by atoms with van der Waals surface area (Å²) < 4.78 is 12.1. The van der Waals surface area contributed by atoms with Gasteiger partial charge >= 0.3 is 0 Å². The maximum absolute atomic E-state index is 6.07. The van der Waals surface area contributed by atoms with Crippen molar-refractivity contribution in [3.05, 3.63) is 16.1 Å². The van der Waals surface area contributed by atoms with E-state index in [1.54, 1.807) is 0 Å². The summed E-state index contributed by atoms with van der Waals surface area (Å²) in [6.45, 7) is 16.0. The Morgan fingerprint density at radius 1 is 0.967 bits per heavy atom. The van der Waals surface area contributed by atoms with E-state index in [2.05, 4.69) is 53.1 Å². The molecule has 1 aromatic heterocycles. The van der Waals surface area contributed by atoms with Crippen molar-refractivity contribution in [3.63, 3.8) is 0 Å². The highest BCUT2D eigenvalue weighted by molar-refractivity contribution is 7.75. The first-order valence-electron chi connectivity index (χ1n) is 12.4. The number of hydrogen-bond donors (Lipinski definition) is 0. The fourth-order valence-corrected chi connectivity index (χ4v) is 12.2. The van der Waals surface area contributed by atoms with Gasteiger partial charge in [-0.3, -0.25) is 0 Å². The van der Waals surface area contributed by atoms with Crippen molar-refractivity contribution < 1.29 is 8.85 Å². The van der Waals surface area contributed by atoms with E-state index in [0.717, 1.165) is 6.42 Å². The molecular formula is C23H49NO2PSSi2+. The normalized spacial score (nSPS) is 14.5. The zero-order chi connectivity index (χ0) is 22.5. The van der Waals surface area contributed by atoms with Gasteiger partial charge in [-0.25, -0.2) is 4.98 Å². The highest BCUT2D eigenvalue weighted by Crippen LogP contribution is 2.63. The third-order valence-corrected chi connectivity index (χ3v) is 12.9. The summed E-state index contributed by atoms with van der Waals surface area (Å²) in [6, 6.07) is 0. The molecule has 1 aromatic rings. The molecule has 1 rings (SSSR count). The van der Waals surface area contributed by atoms with Crippen LogP contribution in [0.4, 0.5) is 0 Å². The molecule has 0 atom stereocenters. The van der Waals surface area contributed by atoms with Gasteiger partial charge in [0.25, 0.3) is 0 Å². The van der Waals surface area contributed by atoms with Crippen LogP contribution < -0.4 is 0 Å². The standard InChI is InChI=1S/C23H49NO2PSSi2/c1-8-11-14-27(15-12-9-2,16-13-10-3)18-20-19-28-21(24-20)17-23(4,5)22(25-29-6)26-30-7/h19,22H,8-18,29-30H2,1-7H3/q+1. The van der Waals surface area contributed by atoms with E-state index >= 15 is 0 Å². The lowest BCUT2D eigenvalue weighted by atomic mass is 9.89. The highest BCUT2D eigenvalue weighted by atomic mass is 32.1. The van der Waals surface area contributed by atoms with Gasteiger partial charge in [-0.2, -0.15) is 0 Å². The van der Waals surface area contributed by atoms with Crippen molar-refractivity contribution >= 4 is 38.1 Å². The van der Waals surface area contributed by atoms with Gasteiger partial charge in [-0.05, 0) is 19.3 Å². The quantitative estimate of drug-likeness (QED) is 0.138. The first-order valence-corrected chi connectivity index (χ1v) is 19.8. The lowest BCUT2D eigenvalue weighted by molar-refractivity contribution is -0.0783. The molecule has 0 saturated heterocycles. The van der Waals surface area contributed by atoms with Crippen LogP contribution in [0.3, 0.4) is 0 Å². The minimum atomic E-state index is -0.940. The molecule has 0 fully saturated rings. The Labute approximate surface area is 196 Å². The van der Waals surface area contributed by atoms with E-state index in [1.165, 1.54) is 73.9 Å². The number of aromatic nitrogens is 1. The van der Waals surface area contributed by atoms with Gasteiger partial charge in [0.15, 0.2) is 19.5 Å². The van der Waals surface area contributed by atoms with Crippen molar-refractivity contribution in [2.24, 2.45) is 5.41 Å². The molecule has 0 radical (unpaired) electrons. The molecule has 3 nitrogen and oxygen atoms in total. The molecule has 1 heterocycles. The Hall–Kier alpha value is 0.414. The van der Waals surface area contributed by atoms with Gasteiger partial charge in [-0.1, -0.05) is 67.0 Å². The minimum Gasteiger partial charge on any atom is -0.400 e. The maximum Gasteiger partial charge on any atom is 0.161 e. The monoisotopic (exact) mass is 490 g/mol. The number of hydrogen-bond acceptors (Lipinski definition) is 4. The van der Waals surface area contributed by atoms with Gasteiger partial charge < -0.3 is 8.85 Å². The van der Waals surface area contributed by atoms with Gasteiger partial charge in [0.1, 0.15) is 12.5 Å². The molecule has 30 heavy (non-hydrogen) atoms. The number of rotatable bonds is 18. The molecule has 0 aromatic carbocycles. The third kappa shape index (κ3) is 9.91. The van der Waals surface area contributed by atoms with E-state index in [-0.39, 0.29) is 11.7 Å². The molecule has 0 spiro atoms. The second kappa shape index (κ2) is 15.3. The summed E-state index contributed by atoms with van der Waals surface area (Å²) in [7, 11) is -1.90. The lowest BCUT2D eigenvalue weighted by Crippen LogP contribution is -2.37. The van der Waals surface area contributed by atoms with E-state index in [9.17, 15) is 0 Å². The van der Waals surface area contributed by atoms with Crippen LogP contribution in [-0.2, 0) is 21.4 Å². The van der Waals surface area contributed by atoms with Crippen LogP contribution in [0.15, 0.2) is 5.38 Å². The molecule has 0 amide bonds. The number of thiazole rings is 1. The van der Waals surface area contributed by atoms with Crippen LogP contribution in [0.2, 0.25) is 13.1 Å². The van der Waals surface area contributed by atoms with Crippen LogP contribution in [0.1, 0.15) is 83.8 Å². The Kier molecular flexibility index (Phi) is 14.5. The first-order chi connectivity index (χ1) is 14.4. The SMILES string of the molecule is CCCC[P+](CCCC)(CCCC)Cc1csc(CC(C)(C)C(O[SiH2]C)O[SiH2]C)n1. The molecular weight excluding hydrogens is 441 g/mol. The molecule has 0 bridgehead atoms. The Morgan fingerprint density at radius 3 is 1.90 bits per heavy atom. The summed E-state index contributed by atoms with van der Waals surface area (Å²) in [5.74, 6) is 0. The third-order valence-electron chi connectivity index (χ3n) is 5.94. The van der Waals surface area contributed by atoms with Crippen molar-refractivity contribution in [1.82, 2.24) is 4.98 Å². The summed E-state index contributed by atoms with van der Waals surface area (Å²) in [5.41, 5.74) is 1.36. The maximum atomic E-state index is 6.07. The number of unbranched alkanes of at least 4 members (excludes halogenated alkanes) is 3. The van der Waals surface area contributed by atoms with Crippen LogP contribution in [0.5, 0.6) is 0 Å². The fourth-order valence-electron chi connectivity index (χ4n) is 4.17. The smallest absolute Gasteiger partial charge is 0.161 e. The van der Waals surface area contributed by atoms with Crippen LogP contribution >= 0.6 is 18.6 Å². The van der Waals surface area contributed by atoms with E-state index < -0.39 is 26.8 Å². The molecule has 176 valence electrons. The molecule has 0 saturated carbocycles. The van der Waals surface area contributed by atoms with Crippen molar-refractivity contribution in [2.75, 3.05) is 18.5 Å². The molecule has 7 heteroatoms. The first kappa shape index (κ1) is 28.4. The van der Waals surface area contributed by atoms with Gasteiger partial charge in [0, 0.05) is 24.5 Å². The second-order valence-corrected chi connectivity index (χ2v) is 16.5. The Bertz CT molecular complexity index is 543. The van der Waals surface area contributed by atoms with Crippen LogP contribution in [-0.4, -0.2) is 49.3 Å². The minimum absolute atomic E-state index is 0.0139. The van der Waals surface area contributed by atoms with E-state index in [0.29, 0.717) is 0 Å². The Morgan fingerprint density at radius 2 is 1.47 bits per heavy atom. The zero-order valence-corrected chi connectivity index (χ0v) is 25.5. The largest absolute Gasteiger partial charge is 0.400 e. The highest BCUT2D eigenvalue weighted by Gasteiger charge is 2.37. The molecule has 0 aliphatic carbocycles.